The quantitative estimate of drug-likeness (QED) is 0.308. The van der Waals surface area contributed by atoms with Crippen LogP contribution in [-0.4, -0.2) is 91.6 Å². The minimum absolute atomic E-state index is 0. The molecule has 1 N–H and O–H groups in total. The molecule has 11 heteroatoms. The van der Waals surface area contributed by atoms with Crippen LogP contribution in [0, 0.1) is 0 Å². The summed E-state index contributed by atoms with van der Waals surface area (Å²) in [4.78, 5) is 6.38. The van der Waals surface area contributed by atoms with Crippen LogP contribution >= 0.6 is 24.0 Å². The number of sulfonamides is 1. The maximum atomic E-state index is 12.4. The molecule has 1 aliphatic rings. The highest BCUT2D eigenvalue weighted by Crippen LogP contribution is 2.09. The molecule has 0 atom stereocenters. The van der Waals surface area contributed by atoms with Crippen molar-refractivity contribution >= 4 is 40.0 Å². The zero-order valence-electron chi connectivity index (χ0n) is 16.2. The van der Waals surface area contributed by atoms with Gasteiger partial charge in [0.2, 0.25) is 10.0 Å². The van der Waals surface area contributed by atoms with Crippen molar-refractivity contribution in [1.82, 2.24) is 24.3 Å². The molecular formula is C16H31IN6O3S. The zero-order chi connectivity index (χ0) is 19.0. The molecule has 0 saturated carbocycles. The second kappa shape index (κ2) is 11.8. The van der Waals surface area contributed by atoms with Gasteiger partial charge in [-0.2, -0.15) is 9.40 Å². The fourth-order valence-corrected chi connectivity index (χ4v) is 4.03. The van der Waals surface area contributed by atoms with E-state index in [-0.39, 0.29) is 42.4 Å². The number of hydrogen-bond acceptors (Lipinski definition) is 5. The van der Waals surface area contributed by atoms with E-state index >= 15 is 0 Å². The Labute approximate surface area is 179 Å². The van der Waals surface area contributed by atoms with Crippen molar-refractivity contribution < 1.29 is 13.2 Å². The SMILES string of the molecule is CN=C(NCCn1cccn1)N1CCN(S(=O)(=O)CCOC(C)C)CC1.I. The molecule has 9 nitrogen and oxygen atoms in total. The summed E-state index contributed by atoms with van der Waals surface area (Å²) < 4.78 is 33.5. The first-order chi connectivity index (χ1) is 12.4. The van der Waals surface area contributed by atoms with Gasteiger partial charge in [0.15, 0.2) is 5.96 Å². The molecule has 0 radical (unpaired) electrons. The number of aliphatic imine (C=N–C) groups is 1. The summed E-state index contributed by atoms with van der Waals surface area (Å²) in [5.74, 6) is 0.819. The summed E-state index contributed by atoms with van der Waals surface area (Å²) in [6, 6.07) is 1.89. The van der Waals surface area contributed by atoms with Crippen molar-refractivity contribution in [2.24, 2.45) is 4.99 Å². The maximum Gasteiger partial charge on any atom is 0.216 e. The lowest BCUT2D eigenvalue weighted by molar-refractivity contribution is 0.0904. The van der Waals surface area contributed by atoms with Gasteiger partial charge in [-0.05, 0) is 19.9 Å². The van der Waals surface area contributed by atoms with Gasteiger partial charge in [0.05, 0.1) is 25.0 Å². The van der Waals surface area contributed by atoms with Crippen LogP contribution in [0.1, 0.15) is 13.8 Å². The monoisotopic (exact) mass is 514 g/mol. The number of rotatable bonds is 8. The van der Waals surface area contributed by atoms with Crippen LogP contribution in [0.2, 0.25) is 0 Å². The molecule has 27 heavy (non-hydrogen) atoms. The molecule has 0 aromatic carbocycles. The molecule has 0 spiro atoms. The van der Waals surface area contributed by atoms with Crippen LogP contribution in [0.4, 0.5) is 0 Å². The molecular weight excluding hydrogens is 483 g/mol. The van der Waals surface area contributed by atoms with Gasteiger partial charge in [-0.1, -0.05) is 0 Å². The van der Waals surface area contributed by atoms with Gasteiger partial charge in [0.25, 0.3) is 0 Å². The molecule has 1 saturated heterocycles. The molecule has 2 heterocycles. The van der Waals surface area contributed by atoms with E-state index < -0.39 is 10.0 Å². The van der Waals surface area contributed by atoms with Crippen molar-refractivity contribution in [3.8, 4) is 0 Å². The molecule has 1 aromatic rings. The van der Waals surface area contributed by atoms with Gasteiger partial charge in [-0.25, -0.2) is 8.42 Å². The summed E-state index contributed by atoms with van der Waals surface area (Å²) in [5, 5.41) is 7.47. The Morgan fingerprint density at radius 1 is 1.30 bits per heavy atom. The number of nitrogens with one attached hydrogen (secondary N) is 1. The van der Waals surface area contributed by atoms with Gasteiger partial charge in [-0.15, -0.1) is 24.0 Å². The topological polar surface area (TPSA) is 92.1 Å². The summed E-state index contributed by atoms with van der Waals surface area (Å²) in [5.41, 5.74) is 0. The van der Waals surface area contributed by atoms with E-state index in [9.17, 15) is 8.42 Å². The Balaban J connectivity index is 0.00000364. The molecule has 1 aromatic heterocycles. The van der Waals surface area contributed by atoms with Gasteiger partial charge in [0.1, 0.15) is 0 Å². The van der Waals surface area contributed by atoms with E-state index in [0.29, 0.717) is 32.7 Å². The number of aromatic nitrogens is 2. The van der Waals surface area contributed by atoms with Crippen molar-refractivity contribution in [1.29, 1.82) is 0 Å². The van der Waals surface area contributed by atoms with Crippen LogP contribution in [0.5, 0.6) is 0 Å². The Morgan fingerprint density at radius 3 is 2.56 bits per heavy atom. The van der Waals surface area contributed by atoms with Crippen LogP contribution in [0.15, 0.2) is 23.5 Å². The third-order valence-electron chi connectivity index (χ3n) is 4.12. The Kier molecular flexibility index (Phi) is 10.6. The molecule has 0 unspecified atom stereocenters. The predicted octanol–water partition coefficient (Wildman–Crippen LogP) is 0.449. The van der Waals surface area contributed by atoms with Gasteiger partial charge in [0, 0.05) is 52.2 Å². The summed E-state index contributed by atoms with van der Waals surface area (Å²) >= 11 is 0. The fraction of sp³-hybridized carbons (Fsp3) is 0.750. The highest BCUT2D eigenvalue weighted by Gasteiger charge is 2.27. The molecule has 1 fully saturated rings. The zero-order valence-corrected chi connectivity index (χ0v) is 19.4. The fourth-order valence-electron chi connectivity index (χ4n) is 2.74. The molecule has 156 valence electrons. The number of guanidine groups is 1. The van der Waals surface area contributed by atoms with E-state index in [2.05, 4.69) is 20.3 Å². The Morgan fingerprint density at radius 2 is 2.00 bits per heavy atom. The minimum Gasteiger partial charge on any atom is -0.378 e. The van der Waals surface area contributed by atoms with E-state index in [4.69, 9.17) is 4.74 Å². The number of hydrogen-bond donors (Lipinski definition) is 1. The minimum atomic E-state index is -3.27. The first-order valence-electron chi connectivity index (χ1n) is 8.95. The van der Waals surface area contributed by atoms with Crippen LogP contribution in [0.3, 0.4) is 0 Å². The maximum absolute atomic E-state index is 12.4. The smallest absolute Gasteiger partial charge is 0.216 e. The molecule has 0 bridgehead atoms. The van der Waals surface area contributed by atoms with E-state index in [1.54, 1.807) is 17.5 Å². The van der Waals surface area contributed by atoms with Crippen molar-refractivity contribution in [3.63, 3.8) is 0 Å². The number of halogens is 1. The lowest BCUT2D eigenvalue weighted by atomic mass is 10.4. The van der Waals surface area contributed by atoms with E-state index in [1.807, 2.05) is 30.8 Å². The van der Waals surface area contributed by atoms with Crippen LogP contribution < -0.4 is 5.32 Å². The third kappa shape index (κ3) is 7.92. The Hall–Kier alpha value is -0.920. The van der Waals surface area contributed by atoms with Crippen molar-refractivity contribution in [3.05, 3.63) is 18.5 Å². The average Bonchev–Trinajstić information content (AvgIpc) is 3.12. The van der Waals surface area contributed by atoms with Crippen LogP contribution in [-0.2, 0) is 21.3 Å². The average molecular weight is 514 g/mol. The number of nitrogens with zero attached hydrogens (tertiary/aromatic N) is 5. The first-order valence-corrected chi connectivity index (χ1v) is 10.6. The van der Waals surface area contributed by atoms with Gasteiger partial charge < -0.3 is 15.0 Å². The second-order valence-corrected chi connectivity index (χ2v) is 8.45. The number of ether oxygens (including phenoxy) is 1. The number of piperazine rings is 1. The normalized spacial score (nSPS) is 16.4. The van der Waals surface area contributed by atoms with Crippen molar-refractivity contribution in [2.45, 2.75) is 26.5 Å². The van der Waals surface area contributed by atoms with Crippen LogP contribution in [0.25, 0.3) is 0 Å². The molecule has 1 aliphatic heterocycles. The lowest BCUT2D eigenvalue weighted by Gasteiger charge is -2.35. The van der Waals surface area contributed by atoms with Gasteiger partial charge in [-0.3, -0.25) is 9.67 Å². The highest BCUT2D eigenvalue weighted by atomic mass is 127. The van der Waals surface area contributed by atoms with E-state index in [1.165, 1.54) is 0 Å². The summed E-state index contributed by atoms with van der Waals surface area (Å²) in [6.45, 7) is 7.64. The highest BCUT2D eigenvalue weighted by molar-refractivity contribution is 14.0. The van der Waals surface area contributed by atoms with Crippen molar-refractivity contribution in [2.75, 3.05) is 52.1 Å². The molecule has 0 aliphatic carbocycles. The van der Waals surface area contributed by atoms with Gasteiger partial charge >= 0.3 is 0 Å². The van der Waals surface area contributed by atoms with E-state index in [0.717, 1.165) is 12.5 Å². The first kappa shape index (κ1) is 24.1. The summed E-state index contributed by atoms with van der Waals surface area (Å²) in [7, 11) is -1.53. The summed E-state index contributed by atoms with van der Waals surface area (Å²) in [6.07, 6.45) is 3.70. The second-order valence-electron chi connectivity index (χ2n) is 6.36. The largest absolute Gasteiger partial charge is 0.378 e. The lowest BCUT2D eigenvalue weighted by Crippen LogP contribution is -2.54. The molecule has 0 amide bonds. The third-order valence-corrected chi connectivity index (χ3v) is 5.95. The Bertz CT molecular complexity index is 658. The molecule has 2 rings (SSSR count). The standard InChI is InChI=1S/C16H30N6O3S.HI/c1-15(2)25-13-14-26(23,24)22-11-9-20(10-12-22)16(17-3)18-6-8-21-7-4-5-19-21;/h4-5,7,15H,6,8-14H2,1-3H3,(H,17,18);1H. The predicted molar refractivity (Wildman–Crippen MR) is 117 cm³/mol.